The Labute approximate surface area is 117 Å². The number of ether oxygens (including phenoxy) is 1. The van der Waals surface area contributed by atoms with Gasteiger partial charge < -0.3 is 15.4 Å². The quantitative estimate of drug-likeness (QED) is 0.925. The van der Waals surface area contributed by atoms with E-state index in [4.69, 9.17) is 5.73 Å². The van der Waals surface area contributed by atoms with Crippen molar-refractivity contribution in [2.45, 2.75) is 56.8 Å². The first-order chi connectivity index (χ1) is 9.63. The van der Waals surface area contributed by atoms with Crippen LogP contribution in [0.25, 0.3) is 0 Å². The molecule has 1 aromatic rings. The molecule has 2 fully saturated rings. The summed E-state index contributed by atoms with van der Waals surface area (Å²) in [6.45, 7) is -2.77. The molecule has 2 atom stereocenters. The van der Waals surface area contributed by atoms with Gasteiger partial charge in [-0.3, -0.25) is 0 Å². The molecule has 110 valence electrons. The maximum absolute atomic E-state index is 12.2. The van der Waals surface area contributed by atoms with Crippen LogP contribution in [0.2, 0.25) is 0 Å². The predicted octanol–water partition coefficient (Wildman–Crippen LogP) is 3.14. The summed E-state index contributed by atoms with van der Waals surface area (Å²) >= 11 is 0. The first-order valence-electron chi connectivity index (χ1n) is 7.22. The molecule has 2 bridgehead atoms. The molecule has 3 nitrogen and oxygen atoms in total. The lowest BCUT2D eigenvalue weighted by Crippen LogP contribution is -2.55. The van der Waals surface area contributed by atoms with Gasteiger partial charge in [-0.2, -0.15) is 8.78 Å². The molecule has 0 radical (unpaired) electrons. The van der Waals surface area contributed by atoms with E-state index in [2.05, 4.69) is 9.64 Å². The Morgan fingerprint density at radius 3 is 2.25 bits per heavy atom. The van der Waals surface area contributed by atoms with Crippen molar-refractivity contribution in [2.75, 3.05) is 4.90 Å². The molecule has 0 spiro atoms. The second-order valence-corrected chi connectivity index (χ2v) is 5.75. The Balaban J connectivity index is 1.78. The zero-order chi connectivity index (χ0) is 14.1. The summed E-state index contributed by atoms with van der Waals surface area (Å²) in [5.41, 5.74) is 7.21. The van der Waals surface area contributed by atoms with Crippen molar-refractivity contribution in [1.82, 2.24) is 0 Å². The molecule has 20 heavy (non-hydrogen) atoms. The summed E-state index contributed by atoms with van der Waals surface area (Å²) in [5, 5.41) is 0. The fourth-order valence-corrected chi connectivity index (χ4v) is 3.64. The van der Waals surface area contributed by atoms with Crippen molar-refractivity contribution in [2.24, 2.45) is 5.73 Å². The van der Waals surface area contributed by atoms with Gasteiger partial charge in [-0.05, 0) is 56.4 Å². The Hall–Kier alpha value is -1.36. The number of hydrogen-bond acceptors (Lipinski definition) is 3. The normalized spacial score (nSPS) is 29.6. The van der Waals surface area contributed by atoms with Crippen LogP contribution in [0.4, 0.5) is 14.5 Å². The number of alkyl halides is 2. The van der Waals surface area contributed by atoms with E-state index in [1.54, 1.807) is 12.1 Å². The average Bonchev–Trinajstić information content (AvgIpc) is 2.38. The maximum atomic E-state index is 12.2. The fourth-order valence-electron chi connectivity index (χ4n) is 3.64. The first-order valence-corrected chi connectivity index (χ1v) is 7.22. The van der Waals surface area contributed by atoms with Crippen LogP contribution in [0, 0.1) is 0 Å². The summed E-state index contributed by atoms with van der Waals surface area (Å²) in [6, 6.07) is 8.25. The molecule has 5 heteroatoms. The first kappa shape index (κ1) is 13.6. The number of benzene rings is 1. The number of anilines is 1. The topological polar surface area (TPSA) is 38.5 Å². The van der Waals surface area contributed by atoms with Gasteiger partial charge in [0.25, 0.3) is 0 Å². The maximum Gasteiger partial charge on any atom is 0.387 e. The van der Waals surface area contributed by atoms with E-state index in [1.807, 2.05) is 12.1 Å². The average molecular weight is 282 g/mol. The standard InChI is InChI=1S/C15H20F2N2O/c16-15(17)20-14-6-4-11(5-7-14)19-12-2-1-3-13(19)9-10(18)8-12/h4-7,10,12-13,15H,1-3,8-9,18H2. The third kappa shape index (κ3) is 2.73. The van der Waals surface area contributed by atoms with Crippen LogP contribution in [-0.4, -0.2) is 24.7 Å². The highest BCUT2D eigenvalue weighted by Crippen LogP contribution is 2.37. The lowest BCUT2D eigenvalue weighted by atomic mass is 9.81. The van der Waals surface area contributed by atoms with Gasteiger partial charge >= 0.3 is 6.61 Å². The van der Waals surface area contributed by atoms with Crippen molar-refractivity contribution in [1.29, 1.82) is 0 Å². The minimum atomic E-state index is -2.77. The smallest absolute Gasteiger partial charge is 0.387 e. The SMILES string of the molecule is NC1CC2CCCC(C1)N2c1ccc(OC(F)F)cc1. The predicted molar refractivity (Wildman–Crippen MR) is 74.2 cm³/mol. The molecule has 2 saturated heterocycles. The van der Waals surface area contributed by atoms with Crippen molar-refractivity contribution in [3.8, 4) is 5.75 Å². The Morgan fingerprint density at radius 1 is 1.10 bits per heavy atom. The molecule has 2 N–H and O–H groups in total. The van der Waals surface area contributed by atoms with Crippen molar-refractivity contribution in [3.63, 3.8) is 0 Å². The monoisotopic (exact) mass is 282 g/mol. The van der Waals surface area contributed by atoms with E-state index in [1.165, 1.54) is 19.3 Å². The number of halogens is 2. The molecule has 0 aliphatic carbocycles. The van der Waals surface area contributed by atoms with Crippen molar-refractivity contribution < 1.29 is 13.5 Å². The summed E-state index contributed by atoms with van der Waals surface area (Å²) in [4.78, 5) is 2.43. The lowest BCUT2D eigenvalue weighted by Gasteiger charge is -2.49. The summed E-state index contributed by atoms with van der Waals surface area (Å²) in [7, 11) is 0. The largest absolute Gasteiger partial charge is 0.435 e. The van der Waals surface area contributed by atoms with Crippen LogP contribution in [0.5, 0.6) is 5.75 Å². The number of nitrogens with two attached hydrogens (primary N) is 1. The molecule has 2 aliphatic rings. The van der Waals surface area contributed by atoms with Crippen molar-refractivity contribution >= 4 is 5.69 Å². The Bertz CT molecular complexity index is 438. The van der Waals surface area contributed by atoms with E-state index >= 15 is 0 Å². The molecule has 3 rings (SSSR count). The van der Waals surface area contributed by atoms with Crippen LogP contribution in [0.15, 0.2) is 24.3 Å². The summed E-state index contributed by atoms with van der Waals surface area (Å²) < 4.78 is 28.7. The van der Waals surface area contributed by atoms with Crippen LogP contribution in [0.1, 0.15) is 32.1 Å². The van der Waals surface area contributed by atoms with E-state index in [-0.39, 0.29) is 5.75 Å². The van der Waals surface area contributed by atoms with Gasteiger partial charge in [0.2, 0.25) is 0 Å². The molecular weight excluding hydrogens is 262 g/mol. The number of piperidine rings is 2. The van der Waals surface area contributed by atoms with E-state index in [9.17, 15) is 8.78 Å². The highest BCUT2D eigenvalue weighted by molar-refractivity contribution is 5.52. The number of rotatable bonds is 3. The summed E-state index contributed by atoms with van der Waals surface area (Å²) in [5.74, 6) is 0.211. The van der Waals surface area contributed by atoms with Gasteiger partial charge in [0.05, 0.1) is 0 Å². The molecule has 0 amide bonds. The van der Waals surface area contributed by atoms with Gasteiger partial charge in [-0.1, -0.05) is 0 Å². The van der Waals surface area contributed by atoms with E-state index < -0.39 is 6.61 Å². The third-order valence-corrected chi connectivity index (χ3v) is 4.37. The van der Waals surface area contributed by atoms with Crippen molar-refractivity contribution in [3.05, 3.63) is 24.3 Å². The van der Waals surface area contributed by atoms with Crippen LogP contribution in [-0.2, 0) is 0 Å². The van der Waals surface area contributed by atoms with Gasteiger partial charge in [0.1, 0.15) is 5.75 Å². The Morgan fingerprint density at radius 2 is 1.70 bits per heavy atom. The lowest BCUT2D eigenvalue weighted by molar-refractivity contribution is -0.0498. The van der Waals surface area contributed by atoms with Gasteiger partial charge in [0, 0.05) is 23.8 Å². The van der Waals surface area contributed by atoms with Crippen LogP contribution >= 0.6 is 0 Å². The van der Waals surface area contributed by atoms with Crippen LogP contribution in [0.3, 0.4) is 0 Å². The fraction of sp³-hybridized carbons (Fsp3) is 0.600. The highest BCUT2D eigenvalue weighted by atomic mass is 19.3. The molecule has 1 aromatic carbocycles. The molecule has 0 saturated carbocycles. The van der Waals surface area contributed by atoms with Gasteiger partial charge in [0.15, 0.2) is 0 Å². The molecular formula is C15H20F2N2O. The molecule has 2 aliphatic heterocycles. The minimum absolute atomic E-state index is 0.211. The Kier molecular flexibility index (Phi) is 3.78. The third-order valence-electron chi connectivity index (χ3n) is 4.37. The van der Waals surface area contributed by atoms with Gasteiger partial charge in [-0.25, -0.2) is 0 Å². The molecule has 2 unspecified atom stereocenters. The minimum Gasteiger partial charge on any atom is -0.435 e. The van der Waals surface area contributed by atoms with Gasteiger partial charge in [-0.15, -0.1) is 0 Å². The number of hydrogen-bond donors (Lipinski definition) is 1. The second-order valence-electron chi connectivity index (χ2n) is 5.75. The summed E-state index contributed by atoms with van der Waals surface area (Å²) in [6.07, 6.45) is 5.63. The number of nitrogens with zero attached hydrogens (tertiary/aromatic N) is 1. The zero-order valence-corrected chi connectivity index (χ0v) is 11.3. The molecule has 2 heterocycles. The number of fused-ring (bicyclic) bond motifs is 2. The second kappa shape index (κ2) is 5.56. The highest BCUT2D eigenvalue weighted by Gasteiger charge is 2.36. The van der Waals surface area contributed by atoms with E-state index in [0.717, 1.165) is 18.5 Å². The zero-order valence-electron chi connectivity index (χ0n) is 11.3. The molecule has 0 aromatic heterocycles. The van der Waals surface area contributed by atoms with Crippen LogP contribution < -0.4 is 15.4 Å². The van der Waals surface area contributed by atoms with E-state index in [0.29, 0.717) is 18.1 Å².